The van der Waals surface area contributed by atoms with Gasteiger partial charge in [-0.25, -0.2) is 5.84 Å². The van der Waals surface area contributed by atoms with Crippen LogP contribution in [-0.4, -0.2) is 20.1 Å². The maximum absolute atomic E-state index is 12.1. The summed E-state index contributed by atoms with van der Waals surface area (Å²) in [5.74, 6) is 6.04. The molecule has 0 fully saturated rings. The minimum Gasteiger partial charge on any atom is -0.493 e. The lowest BCUT2D eigenvalue weighted by Crippen LogP contribution is -2.35. The van der Waals surface area contributed by atoms with Gasteiger partial charge in [0.2, 0.25) is 5.91 Å². The lowest BCUT2D eigenvalue weighted by atomic mass is 9.91. The normalized spacial score (nSPS) is 11.6. The summed E-state index contributed by atoms with van der Waals surface area (Å²) in [4.78, 5) is 12.1. The molecule has 0 aromatic heterocycles. The molecular weight excluding hydrogens is 280 g/mol. The van der Waals surface area contributed by atoms with E-state index in [1.165, 1.54) is 0 Å². The van der Waals surface area contributed by atoms with Crippen molar-refractivity contribution < 1.29 is 14.3 Å². The van der Waals surface area contributed by atoms with Crippen molar-refractivity contribution >= 4 is 5.91 Å². The van der Waals surface area contributed by atoms with E-state index in [0.29, 0.717) is 17.9 Å². The van der Waals surface area contributed by atoms with Gasteiger partial charge in [-0.3, -0.25) is 10.2 Å². The lowest BCUT2D eigenvalue weighted by Gasteiger charge is -2.17. The monoisotopic (exact) mass is 300 g/mol. The van der Waals surface area contributed by atoms with Crippen LogP contribution in [0.2, 0.25) is 0 Å². The van der Waals surface area contributed by atoms with Crippen molar-refractivity contribution in [1.82, 2.24) is 5.43 Å². The lowest BCUT2D eigenvalue weighted by molar-refractivity contribution is -0.122. The molecule has 22 heavy (non-hydrogen) atoms. The third kappa shape index (κ3) is 3.56. The molecule has 5 heteroatoms. The first kappa shape index (κ1) is 15.9. The average molecular weight is 300 g/mol. The number of hydrogen-bond donors (Lipinski definition) is 2. The van der Waals surface area contributed by atoms with E-state index < -0.39 is 0 Å². The molecule has 0 aliphatic heterocycles. The second kappa shape index (κ2) is 7.47. The van der Waals surface area contributed by atoms with Gasteiger partial charge in [0.05, 0.1) is 20.1 Å². The smallest absolute Gasteiger partial charge is 0.241 e. The van der Waals surface area contributed by atoms with Crippen molar-refractivity contribution in [2.75, 3.05) is 14.2 Å². The standard InChI is InChI=1S/C17H20N2O3/c1-21-15-9-8-12(11-16(15)22-2)10-14(17(20)19-18)13-6-4-3-5-7-13/h3-9,11,14H,10,18H2,1-2H3,(H,19,20). The minimum atomic E-state index is -0.357. The first-order chi connectivity index (χ1) is 10.7. The number of hydrogen-bond acceptors (Lipinski definition) is 4. The van der Waals surface area contributed by atoms with Crippen LogP contribution >= 0.6 is 0 Å². The van der Waals surface area contributed by atoms with E-state index in [0.717, 1.165) is 11.1 Å². The number of hydrazine groups is 1. The minimum absolute atomic E-state index is 0.221. The molecule has 0 heterocycles. The van der Waals surface area contributed by atoms with Crippen molar-refractivity contribution in [2.24, 2.45) is 5.84 Å². The zero-order valence-electron chi connectivity index (χ0n) is 12.7. The molecule has 1 atom stereocenters. The topological polar surface area (TPSA) is 73.6 Å². The molecule has 0 spiro atoms. The second-order valence-corrected chi connectivity index (χ2v) is 4.87. The average Bonchev–Trinajstić information content (AvgIpc) is 2.59. The molecule has 5 nitrogen and oxygen atoms in total. The Morgan fingerprint density at radius 1 is 1.09 bits per heavy atom. The number of benzene rings is 2. The van der Waals surface area contributed by atoms with E-state index in [1.54, 1.807) is 14.2 Å². The molecule has 0 saturated carbocycles. The molecule has 0 aliphatic rings. The summed E-state index contributed by atoms with van der Waals surface area (Å²) in [6, 6.07) is 15.2. The maximum atomic E-state index is 12.1. The van der Waals surface area contributed by atoms with Crippen molar-refractivity contribution in [2.45, 2.75) is 12.3 Å². The van der Waals surface area contributed by atoms with Gasteiger partial charge in [0, 0.05) is 0 Å². The van der Waals surface area contributed by atoms with Gasteiger partial charge in [-0.2, -0.15) is 0 Å². The van der Waals surface area contributed by atoms with Gasteiger partial charge in [0.1, 0.15) is 0 Å². The summed E-state index contributed by atoms with van der Waals surface area (Å²) >= 11 is 0. The number of carbonyl (C=O) groups excluding carboxylic acids is 1. The van der Waals surface area contributed by atoms with Crippen LogP contribution in [-0.2, 0) is 11.2 Å². The molecule has 2 aromatic carbocycles. The molecule has 3 N–H and O–H groups in total. The summed E-state index contributed by atoms with van der Waals surface area (Å²) < 4.78 is 10.5. The highest BCUT2D eigenvalue weighted by Crippen LogP contribution is 2.30. The summed E-state index contributed by atoms with van der Waals surface area (Å²) in [7, 11) is 3.18. The van der Waals surface area contributed by atoms with E-state index in [4.69, 9.17) is 15.3 Å². The Morgan fingerprint density at radius 3 is 2.36 bits per heavy atom. The molecule has 0 radical (unpaired) electrons. The van der Waals surface area contributed by atoms with Crippen LogP contribution in [0.4, 0.5) is 0 Å². The van der Waals surface area contributed by atoms with E-state index in [9.17, 15) is 4.79 Å². The van der Waals surface area contributed by atoms with Crippen LogP contribution in [0.5, 0.6) is 11.5 Å². The number of ether oxygens (including phenoxy) is 2. The van der Waals surface area contributed by atoms with Crippen LogP contribution in [0.15, 0.2) is 48.5 Å². The van der Waals surface area contributed by atoms with Gasteiger partial charge >= 0.3 is 0 Å². The Hall–Kier alpha value is -2.53. The van der Waals surface area contributed by atoms with E-state index in [-0.39, 0.29) is 11.8 Å². The SMILES string of the molecule is COc1ccc(CC(C(=O)NN)c2ccccc2)cc1OC. The van der Waals surface area contributed by atoms with Crippen molar-refractivity contribution in [1.29, 1.82) is 0 Å². The van der Waals surface area contributed by atoms with Crippen LogP contribution in [0.25, 0.3) is 0 Å². The van der Waals surface area contributed by atoms with Gasteiger partial charge in [0.15, 0.2) is 11.5 Å². The molecule has 116 valence electrons. The number of amides is 1. The molecule has 0 saturated heterocycles. The third-order valence-electron chi connectivity index (χ3n) is 3.55. The molecular formula is C17H20N2O3. The number of carbonyl (C=O) groups is 1. The second-order valence-electron chi connectivity index (χ2n) is 4.87. The zero-order chi connectivity index (χ0) is 15.9. The molecule has 1 amide bonds. The molecule has 1 unspecified atom stereocenters. The Bertz CT molecular complexity index is 629. The fourth-order valence-electron chi connectivity index (χ4n) is 2.39. The van der Waals surface area contributed by atoms with Crippen LogP contribution < -0.4 is 20.7 Å². The summed E-state index contributed by atoms with van der Waals surface area (Å²) in [5.41, 5.74) is 4.12. The van der Waals surface area contributed by atoms with Gasteiger partial charge in [0.25, 0.3) is 0 Å². The van der Waals surface area contributed by atoms with Crippen LogP contribution in [0.3, 0.4) is 0 Å². The van der Waals surface area contributed by atoms with Crippen molar-refractivity contribution in [3.8, 4) is 11.5 Å². The van der Waals surface area contributed by atoms with Crippen LogP contribution in [0.1, 0.15) is 17.0 Å². The maximum Gasteiger partial charge on any atom is 0.241 e. The quantitative estimate of drug-likeness (QED) is 0.486. The summed E-state index contributed by atoms with van der Waals surface area (Å²) in [6.45, 7) is 0. The Kier molecular flexibility index (Phi) is 5.38. The van der Waals surface area contributed by atoms with Crippen molar-refractivity contribution in [3.05, 3.63) is 59.7 Å². The predicted molar refractivity (Wildman–Crippen MR) is 84.8 cm³/mol. The van der Waals surface area contributed by atoms with Gasteiger partial charge in [-0.05, 0) is 29.7 Å². The Morgan fingerprint density at radius 2 is 1.77 bits per heavy atom. The Balaban J connectivity index is 2.30. The highest BCUT2D eigenvalue weighted by Gasteiger charge is 2.20. The molecule has 0 bridgehead atoms. The number of methoxy groups -OCH3 is 2. The first-order valence-electron chi connectivity index (χ1n) is 6.96. The fraction of sp³-hybridized carbons (Fsp3) is 0.235. The summed E-state index contributed by atoms with van der Waals surface area (Å²) in [5, 5.41) is 0. The van der Waals surface area contributed by atoms with Gasteiger partial charge in [-0.15, -0.1) is 0 Å². The highest BCUT2D eigenvalue weighted by molar-refractivity contribution is 5.83. The molecule has 0 aliphatic carbocycles. The Labute approximate surface area is 130 Å². The fourth-order valence-corrected chi connectivity index (χ4v) is 2.39. The van der Waals surface area contributed by atoms with E-state index in [1.807, 2.05) is 48.5 Å². The largest absolute Gasteiger partial charge is 0.493 e. The first-order valence-corrected chi connectivity index (χ1v) is 6.96. The van der Waals surface area contributed by atoms with E-state index >= 15 is 0 Å². The number of rotatable bonds is 6. The molecule has 2 aromatic rings. The summed E-state index contributed by atoms with van der Waals surface area (Å²) in [6.07, 6.45) is 0.521. The zero-order valence-corrected chi connectivity index (χ0v) is 12.7. The van der Waals surface area contributed by atoms with E-state index in [2.05, 4.69) is 5.43 Å². The molecule has 2 rings (SSSR count). The van der Waals surface area contributed by atoms with Crippen LogP contribution in [0, 0.1) is 0 Å². The van der Waals surface area contributed by atoms with Crippen molar-refractivity contribution in [3.63, 3.8) is 0 Å². The van der Waals surface area contributed by atoms with Gasteiger partial charge < -0.3 is 9.47 Å². The van der Waals surface area contributed by atoms with Gasteiger partial charge in [-0.1, -0.05) is 36.4 Å². The predicted octanol–water partition coefficient (Wildman–Crippen LogP) is 2.02. The number of nitrogens with one attached hydrogen (secondary N) is 1. The number of nitrogens with two attached hydrogens (primary N) is 1. The highest BCUT2D eigenvalue weighted by atomic mass is 16.5. The third-order valence-corrected chi connectivity index (χ3v) is 3.55.